The SMILES string of the molecule is CC1CCN(c2ccccc2C=O)C(C)C1. The third-order valence-electron chi connectivity index (χ3n) is 3.51. The molecule has 0 radical (unpaired) electrons. The van der Waals surface area contributed by atoms with Crippen LogP contribution < -0.4 is 4.90 Å². The normalized spacial score (nSPS) is 25.5. The molecule has 1 aliphatic heterocycles. The van der Waals surface area contributed by atoms with Crippen LogP contribution in [0.15, 0.2) is 24.3 Å². The van der Waals surface area contributed by atoms with E-state index in [2.05, 4.69) is 24.8 Å². The van der Waals surface area contributed by atoms with Gasteiger partial charge in [-0.1, -0.05) is 19.1 Å². The van der Waals surface area contributed by atoms with Crippen molar-refractivity contribution in [3.05, 3.63) is 29.8 Å². The molecule has 1 aliphatic rings. The molecule has 0 aromatic heterocycles. The number of nitrogens with zero attached hydrogens (tertiary/aromatic N) is 1. The molecule has 2 atom stereocenters. The molecular formula is C14H19NO. The van der Waals surface area contributed by atoms with Gasteiger partial charge in [-0.25, -0.2) is 0 Å². The lowest BCUT2D eigenvalue weighted by molar-refractivity contribution is 0.112. The fourth-order valence-corrected chi connectivity index (χ4v) is 2.61. The van der Waals surface area contributed by atoms with E-state index in [4.69, 9.17) is 0 Å². The van der Waals surface area contributed by atoms with E-state index in [0.29, 0.717) is 6.04 Å². The number of aldehydes is 1. The molecule has 1 heterocycles. The minimum Gasteiger partial charge on any atom is -0.368 e. The van der Waals surface area contributed by atoms with Crippen molar-refractivity contribution in [2.75, 3.05) is 11.4 Å². The van der Waals surface area contributed by atoms with Crippen LogP contribution in [-0.4, -0.2) is 18.9 Å². The third-order valence-corrected chi connectivity index (χ3v) is 3.51. The summed E-state index contributed by atoms with van der Waals surface area (Å²) in [5.74, 6) is 0.801. The maximum Gasteiger partial charge on any atom is 0.152 e. The number of hydrogen-bond donors (Lipinski definition) is 0. The molecule has 0 spiro atoms. The molecule has 1 saturated heterocycles. The lowest BCUT2D eigenvalue weighted by atomic mass is 9.92. The Morgan fingerprint density at radius 2 is 2.06 bits per heavy atom. The van der Waals surface area contributed by atoms with Gasteiger partial charge in [-0.2, -0.15) is 0 Å². The van der Waals surface area contributed by atoms with Gasteiger partial charge in [-0.3, -0.25) is 4.79 Å². The zero-order chi connectivity index (χ0) is 11.5. The molecule has 86 valence electrons. The predicted molar refractivity (Wildman–Crippen MR) is 67.0 cm³/mol. The number of anilines is 1. The van der Waals surface area contributed by atoms with Crippen molar-refractivity contribution in [1.82, 2.24) is 0 Å². The van der Waals surface area contributed by atoms with E-state index >= 15 is 0 Å². The van der Waals surface area contributed by atoms with Crippen molar-refractivity contribution in [1.29, 1.82) is 0 Å². The average Bonchev–Trinajstić information content (AvgIpc) is 2.29. The van der Waals surface area contributed by atoms with E-state index < -0.39 is 0 Å². The van der Waals surface area contributed by atoms with Crippen molar-refractivity contribution in [2.45, 2.75) is 32.7 Å². The molecule has 0 amide bonds. The fourth-order valence-electron chi connectivity index (χ4n) is 2.61. The summed E-state index contributed by atoms with van der Waals surface area (Å²) in [5, 5.41) is 0. The summed E-state index contributed by atoms with van der Waals surface area (Å²) in [4.78, 5) is 13.4. The van der Waals surface area contributed by atoms with Crippen LogP contribution in [0.25, 0.3) is 0 Å². The first-order chi connectivity index (χ1) is 7.72. The molecule has 0 N–H and O–H groups in total. The smallest absolute Gasteiger partial charge is 0.152 e. The quantitative estimate of drug-likeness (QED) is 0.709. The summed E-state index contributed by atoms with van der Waals surface area (Å²) >= 11 is 0. The molecule has 1 aromatic carbocycles. The number of carbonyl (C=O) groups is 1. The Hall–Kier alpha value is -1.31. The van der Waals surface area contributed by atoms with E-state index in [0.717, 1.165) is 30.0 Å². The number of piperidine rings is 1. The van der Waals surface area contributed by atoms with Crippen molar-refractivity contribution in [3.63, 3.8) is 0 Å². The largest absolute Gasteiger partial charge is 0.368 e. The molecule has 0 aliphatic carbocycles. The minimum absolute atomic E-state index is 0.532. The molecule has 1 fully saturated rings. The minimum atomic E-state index is 0.532. The van der Waals surface area contributed by atoms with E-state index in [1.807, 2.05) is 18.2 Å². The number of carbonyl (C=O) groups excluding carboxylic acids is 1. The summed E-state index contributed by atoms with van der Waals surface area (Å²) in [6, 6.07) is 8.41. The van der Waals surface area contributed by atoms with Crippen LogP contribution >= 0.6 is 0 Å². The summed E-state index contributed by atoms with van der Waals surface area (Å²) in [7, 11) is 0. The highest BCUT2D eigenvalue weighted by Crippen LogP contribution is 2.29. The second-order valence-electron chi connectivity index (χ2n) is 4.85. The highest BCUT2D eigenvalue weighted by molar-refractivity contribution is 5.84. The van der Waals surface area contributed by atoms with Crippen LogP contribution in [0.2, 0.25) is 0 Å². The maximum absolute atomic E-state index is 11.0. The first-order valence-corrected chi connectivity index (χ1v) is 6.03. The van der Waals surface area contributed by atoms with Crippen molar-refractivity contribution >= 4 is 12.0 Å². The molecule has 1 aromatic rings. The molecule has 16 heavy (non-hydrogen) atoms. The summed E-state index contributed by atoms with van der Waals surface area (Å²) in [6.45, 7) is 5.61. The van der Waals surface area contributed by atoms with Gasteiger partial charge in [0.15, 0.2) is 6.29 Å². The van der Waals surface area contributed by atoms with Gasteiger partial charge in [0.25, 0.3) is 0 Å². The lowest BCUT2D eigenvalue weighted by Gasteiger charge is -2.38. The fraction of sp³-hybridized carbons (Fsp3) is 0.500. The molecule has 2 heteroatoms. The van der Waals surface area contributed by atoms with Gasteiger partial charge in [0.2, 0.25) is 0 Å². The monoisotopic (exact) mass is 217 g/mol. The van der Waals surface area contributed by atoms with Gasteiger partial charge in [0, 0.05) is 23.8 Å². The van der Waals surface area contributed by atoms with Gasteiger partial charge in [0.1, 0.15) is 0 Å². The maximum atomic E-state index is 11.0. The predicted octanol–water partition coefficient (Wildman–Crippen LogP) is 3.12. The molecule has 0 bridgehead atoms. The zero-order valence-electron chi connectivity index (χ0n) is 10.0. The van der Waals surface area contributed by atoms with Crippen LogP contribution in [0.5, 0.6) is 0 Å². The van der Waals surface area contributed by atoms with Gasteiger partial charge < -0.3 is 4.90 Å². The van der Waals surface area contributed by atoms with E-state index in [1.165, 1.54) is 12.8 Å². The van der Waals surface area contributed by atoms with Gasteiger partial charge in [0.05, 0.1) is 0 Å². The Bertz CT molecular complexity index is 375. The third kappa shape index (κ3) is 2.11. The Morgan fingerprint density at radius 1 is 1.31 bits per heavy atom. The van der Waals surface area contributed by atoms with E-state index in [-0.39, 0.29) is 0 Å². The summed E-state index contributed by atoms with van der Waals surface area (Å²) < 4.78 is 0. The Kier molecular flexibility index (Phi) is 3.28. The zero-order valence-corrected chi connectivity index (χ0v) is 10.0. The Balaban J connectivity index is 2.26. The molecule has 2 nitrogen and oxygen atoms in total. The standard InChI is InChI=1S/C14H19NO/c1-11-7-8-15(12(2)9-11)14-6-4-3-5-13(14)10-16/h3-6,10-12H,7-9H2,1-2H3. The summed E-state index contributed by atoms with van der Waals surface area (Å²) in [5.41, 5.74) is 1.90. The van der Waals surface area contributed by atoms with Crippen molar-refractivity contribution < 1.29 is 4.79 Å². The van der Waals surface area contributed by atoms with Crippen molar-refractivity contribution in [3.8, 4) is 0 Å². The highest BCUT2D eigenvalue weighted by Gasteiger charge is 2.24. The summed E-state index contributed by atoms with van der Waals surface area (Å²) in [6.07, 6.45) is 3.39. The lowest BCUT2D eigenvalue weighted by Crippen LogP contribution is -2.40. The average molecular weight is 217 g/mol. The van der Waals surface area contributed by atoms with E-state index in [1.54, 1.807) is 0 Å². The van der Waals surface area contributed by atoms with Crippen LogP contribution in [0.1, 0.15) is 37.0 Å². The number of hydrogen-bond acceptors (Lipinski definition) is 2. The molecule has 2 rings (SSSR count). The van der Waals surface area contributed by atoms with Crippen LogP contribution in [0.3, 0.4) is 0 Å². The Morgan fingerprint density at radius 3 is 2.75 bits per heavy atom. The molecule has 2 unspecified atom stereocenters. The van der Waals surface area contributed by atoms with Crippen molar-refractivity contribution in [2.24, 2.45) is 5.92 Å². The topological polar surface area (TPSA) is 20.3 Å². The Labute approximate surface area is 97.3 Å². The number of para-hydroxylation sites is 1. The van der Waals surface area contributed by atoms with Crippen LogP contribution in [-0.2, 0) is 0 Å². The van der Waals surface area contributed by atoms with Crippen LogP contribution in [0.4, 0.5) is 5.69 Å². The first kappa shape index (κ1) is 11.2. The van der Waals surface area contributed by atoms with E-state index in [9.17, 15) is 4.79 Å². The highest BCUT2D eigenvalue weighted by atomic mass is 16.1. The van der Waals surface area contributed by atoms with Gasteiger partial charge in [-0.05, 0) is 37.8 Å². The number of rotatable bonds is 2. The first-order valence-electron chi connectivity index (χ1n) is 6.03. The molecule has 0 saturated carbocycles. The number of benzene rings is 1. The second kappa shape index (κ2) is 4.69. The van der Waals surface area contributed by atoms with Gasteiger partial charge >= 0.3 is 0 Å². The van der Waals surface area contributed by atoms with Crippen LogP contribution in [0, 0.1) is 5.92 Å². The second-order valence-corrected chi connectivity index (χ2v) is 4.85. The molecular weight excluding hydrogens is 198 g/mol. The van der Waals surface area contributed by atoms with Gasteiger partial charge in [-0.15, -0.1) is 0 Å².